The Morgan fingerprint density at radius 3 is 2.47 bits per heavy atom. The van der Waals surface area contributed by atoms with Crippen LogP contribution in [-0.4, -0.2) is 50.0 Å². The van der Waals surface area contributed by atoms with Crippen molar-refractivity contribution >= 4 is 17.4 Å². The number of ether oxygens (including phenoxy) is 2. The number of hydrogen-bond acceptors (Lipinski definition) is 7. The minimum atomic E-state index is -0.684. The molecule has 2 aromatic carbocycles. The summed E-state index contributed by atoms with van der Waals surface area (Å²) in [5.74, 6) is 0.115. The summed E-state index contributed by atoms with van der Waals surface area (Å²) in [6.07, 6.45) is 0. The maximum absolute atomic E-state index is 12.2. The summed E-state index contributed by atoms with van der Waals surface area (Å²) in [6, 6.07) is 10.9. The van der Waals surface area contributed by atoms with E-state index in [1.807, 2.05) is 18.2 Å². The van der Waals surface area contributed by atoms with E-state index in [2.05, 4.69) is 5.16 Å². The largest absolute Gasteiger partial charge is 0.496 e. The van der Waals surface area contributed by atoms with E-state index in [1.165, 1.54) is 29.2 Å². The molecule has 0 atom stereocenters. The van der Waals surface area contributed by atoms with E-state index >= 15 is 0 Å². The Kier molecular flexibility index (Phi) is 7.10. The van der Waals surface area contributed by atoms with Crippen LogP contribution >= 0.6 is 0 Å². The van der Waals surface area contributed by atoms with E-state index in [-0.39, 0.29) is 11.3 Å². The third-order valence-electron chi connectivity index (χ3n) is 4.92. The molecule has 1 N–H and O–H groups in total. The Bertz CT molecular complexity index is 936. The highest BCUT2D eigenvalue weighted by Gasteiger charge is 2.18. The first-order valence-electron chi connectivity index (χ1n) is 9.57. The van der Waals surface area contributed by atoms with Crippen molar-refractivity contribution in [1.82, 2.24) is 0 Å². The second-order valence-corrected chi connectivity index (χ2v) is 6.93. The van der Waals surface area contributed by atoms with E-state index in [0.29, 0.717) is 5.71 Å². The highest BCUT2D eigenvalue weighted by Crippen LogP contribution is 2.20. The van der Waals surface area contributed by atoms with Gasteiger partial charge in [0.25, 0.3) is 5.69 Å². The molecule has 1 saturated heterocycles. The molecule has 1 aliphatic rings. The molecule has 9 nitrogen and oxygen atoms in total. The molecule has 1 aliphatic heterocycles. The first kappa shape index (κ1) is 21.4. The number of nitrogens with zero attached hydrogens (tertiary/aromatic N) is 2. The minimum Gasteiger partial charge on any atom is -0.496 e. The monoisotopic (exact) mass is 414 g/mol. The van der Waals surface area contributed by atoms with Gasteiger partial charge in [0, 0.05) is 17.7 Å². The van der Waals surface area contributed by atoms with Crippen LogP contribution < -0.4 is 9.64 Å². The van der Waals surface area contributed by atoms with Crippen LogP contribution in [0.1, 0.15) is 28.4 Å². The summed E-state index contributed by atoms with van der Waals surface area (Å²) < 4.78 is 10.9. The van der Waals surface area contributed by atoms with E-state index < -0.39 is 10.9 Å². The second kappa shape index (κ2) is 9.95. The van der Waals surface area contributed by atoms with Gasteiger partial charge in [-0.2, -0.15) is 0 Å². The maximum Gasteiger partial charge on any atom is 0.365 e. The van der Waals surface area contributed by atoms with Gasteiger partial charge in [0.05, 0.1) is 36.5 Å². The standard InChI is InChI=1S/C21H23N3O6/c1-15(22-30-21(25)16-3-6-19(7-4-16)24(26)27)17-5-8-20(28-2)18(13-17)14-23-9-11-29-12-10-23/h3-8,13H,9-12,14H2,1-2H3/p+1. The number of rotatable bonds is 7. The van der Waals surface area contributed by atoms with Crippen LogP contribution in [0.5, 0.6) is 5.75 Å². The van der Waals surface area contributed by atoms with Crippen molar-refractivity contribution in [3.8, 4) is 5.75 Å². The Hall–Kier alpha value is -3.30. The number of methoxy groups -OCH3 is 1. The molecular formula is C21H24N3O6+. The molecule has 0 aromatic heterocycles. The molecule has 30 heavy (non-hydrogen) atoms. The number of carbonyl (C=O) groups excluding carboxylic acids is 1. The van der Waals surface area contributed by atoms with Gasteiger partial charge >= 0.3 is 5.97 Å². The average Bonchev–Trinajstić information content (AvgIpc) is 2.78. The van der Waals surface area contributed by atoms with Crippen LogP contribution in [0, 0.1) is 10.1 Å². The number of oxime groups is 1. The predicted octanol–water partition coefficient (Wildman–Crippen LogP) is 1.60. The third-order valence-corrected chi connectivity index (χ3v) is 4.92. The zero-order valence-electron chi connectivity index (χ0n) is 16.9. The summed E-state index contributed by atoms with van der Waals surface area (Å²) in [4.78, 5) is 28.8. The number of morpholine rings is 1. The minimum absolute atomic E-state index is 0.0978. The van der Waals surface area contributed by atoms with Crippen molar-refractivity contribution in [2.75, 3.05) is 33.4 Å². The van der Waals surface area contributed by atoms with Crippen LogP contribution in [-0.2, 0) is 16.1 Å². The van der Waals surface area contributed by atoms with Crippen molar-refractivity contribution in [2.24, 2.45) is 5.16 Å². The highest BCUT2D eigenvalue weighted by molar-refractivity contribution is 5.99. The van der Waals surface area contributed by atoms with Crippen molar-refractivity contribution in [3.05, 3.63) is 69.3 Å². The van der Waals surface area contributed by atoms with E-state index in [4.69, 9.17) is 14.3 Å². The molecule has 1 heterocycles. The lowest BCUT2D eigenvalue weighted by Crippen LogP contribution is -3.12. The van der Waals surface area contributed by atoms with Gasteiger partial charge in [-0.1, -0.05) is 5.16 Å². The predicted molar refractivity (Wildman–Crippen MR) is 109 cm³/mol. The highest BCUT2D eigenvalue weighted by atomic mass is 16.7. The fourth-order valence-corrected chi connectivity index (χ4v) is 3.18. The van der Waals surface area contributed by atoms with Gasteiger partial charge in [0.2, 0.25) is 0 Å². The molecule has 0 saturated carbocycles. The van der Waals surface area contributed by atoms with Crippen molar-refractivity contribution < 1.29 is 28.9 Å². The Labute approximate surface area is 174 Å². The normalized spacial score (nSPS) is 14.9. The molecule has 0 unspecified atom stereocenters. The van der Waals surface area contributed by atoms with Crippen LogP contribution in [0.2, 0.25) is 0 Å². The lowest BCUT2D eigenvalue weighted by molar-refractivity contribution is -0.921. The smallest absolute Gasteiger partial charge is 0.365 e. The molecule has 9 heteroatoms. The summed E-state index contributed by atoms with van der Waals surface area (Å²) in [6.45, 7) is 5.92. The molecule has 0 radical (unpaired) electrons. The lowest BCUT2D eigenvalue weighted by Gasteiger charge is -2.24. The number of nitro groups is 1. The van der Waals surface area contributed by atoms with E-state index in [0.717, 1.165) is 49.7 Å². The SMILES string of the molecule is COc1ccc(C(C)=NOC(=O)c2ccc([N+](=O)[O-])cc2)cc1C[NH+]1CCOCC1. The van der Waals surface area contributed by atoms with Gasteiger partial charge in [-0.15, -0.1) is 0 Å². The topological polar surface area (TPSA) is 105 Å². The summed E-state index contributed by atoms with van der Waals surface area (Å²) in [5.41, 5.74) is 2.48. The van der Waals surface area contributed by atoms with Gasteiger partial charge in [-0.25, -0.2) is 4.79 Å². The van der Waals surface area contributed by atoms with Crippen LogP contribution in [0.25, 0.3) is 0 Å². The fraction of sp³-hybridized carbons (Fsp3) is 0.333. The molecule has 0 spiro atoms. The molecule has 0 aliphatic carbocycles. The van der Waals surface area contributed by atoms with Gasteiger partial charge in [-0.05, 0) is 42.8 Å². The quantitative estimate of drug-likeness (QED) is 0.319. The molecule has 158 valence electrons. The first-order valence-corrected chi connectivity index (χ1v) is 9.57. The molecule has 0 bridgehead atoms. The van der Waals surface area contributed by atoms with Crippen molar-refractivity contribution in [1.29, 1.82) is 0 Å². The number of carbonyl (C=O) groups is 1. The molecule has 2 aromatic rings. The van der Waals surface area contributed by atoms with Gasteiger partial charge in [-0.3, -0.25) is 10.1 Å². The molecule has 0 amide bonds. The van der Waals surface area contributed by atoms with Gasteiger partial charge in [0.1, 0.15) is 25.4 Å². The van der Waals surface area contributed by atoms with E-state index in [1.54, 1.807) is 14.0 Å². The van der Waals surface area contributed by atoms with Gasteiger partial charge < -0.3 is 19.2 Å². The second-order valence-electron chi connectivity index (χ2n) is 6.93. The zero-order chi connectivity index (χ0) is 21.5. The summed E-state index contributed by atoms with van der Waals surface area (Å²) in [7, 11) is 1.64. The van der Waals surface area contributed by atoms with Crippen LogP contribution in [0.4, 0.5) is 5.69 Å². The number of hydrogen-bond donors (Lipinski definition) is 1. The van der Waals surface area contributed by atoms with Gasteiger partial charge in [0.15, 0.2) is 0 Å². The number of benzene rings is 2. The number of nitrogens with one attached hydrogen (secondary N) is 1. The lowest BCUT2D eigenvalue weighted by atomic mass is 10.1. The molecular weight excluding hydrogens is 390 g/mol. The summed E-state index contributed by atoms with van der Waals surface area (Å²) in [5, 5.41) is 14.6. The Morgan fingerprint density at radius 2 is 1.83 bits per heavy atom. The Morgan fingerprint density at radius 1 is 1.17 bits per heavy atom. The van der Waals surface area contributed by atoms with Crippen LogP contribution in [0.3, 0.4) is 0 Å². The zero-order valence-corrected chi connectivity index (χ0v) is 16.9. The number of nitro benzene ring substituents is 1. The number of non-ortho nitro benzene ring substituents is 1. The number of quaternary nitrogens is 1. The maximum atomic E-state index is 12.2. The van der Waals surface area contributed by atoms with Crippen molar-refractivity contribution in [3.63, 3.8) is 0 Å². The van der Waals surface area contributed by atoms with Crippen molar-refractivity contribution in [2.45, 2.75) is 13.5 Å². The summed E-state index contributed by atoms with van der Waals surface area (Å²) >= 11 is 0. The molecule has 1 fully saturated rings. The average molecular weight is 414 g/mol. The van der Waals surface area contributed by atoms with E-state index in [9.17, 15) is 14.9 Å². The first-order chi connectivity index (χ1) is 14.5. The third kappa shape index (κ3) is 5.40. The Balaban J connectivity index is 1.70. The van der Waals surface area contributed by atoms with Crippen LogP contribution in [0.15, 0.2) is 47.6 Å². The fourth-order valence-electron chi connectivity index (χ4n) is 3.18. The molecule has 3 rings (SSSR count).